The molecular weight excluding hydrogens is 458 g/mol. The number of halogens is 5. The quantitative estimate of drug-likeness (QED) is 0.279. The molecule has 1 rings (SSSR count). The van der Waals surface area contributed by atoms with Crippen molar-refractivity contribution in [3.05, 3.63) is 34.9 Å². The summed E-state index contributed by atoms with van der Waals surface area (Å²) in [6.07, 6.45) is -3.81. The molecule has 0 aliphatic carbocycles. The molecule has 1 aromatic rings. The van der Waals surface area contributed by atoms with Gasteiger partial charge in [0.1, 0.15) is 6.61 Å². The Labute approximate surface area is 162 Å². The summed E-state index contributed by atoms with van der Waals surface area (Å²) in [7, 11) is 3.53. The summed E-state index contributed by atoms with van der Waals surface area (Å²) in [4.78, 5) is 6.06. The molecule has 0 atom stereocenters. The van der Waals surface area contributed by atoms with Crippen LogP contribution in [0.25, 0.3) is 0 Å². The second-order valence-corrected chi connectivity index (χ2v) is 5.41. The number of nitrogens with one attached hydrogen (secondary N) is 1. The fourth-order valence-electron chi connectivity index (χ4n) is 1.89. The van der Waals surface area contributed by atoms with Crippen LogP contribution in [0.3, 0.4) is 0 Å². The Morgan fingerprint density at radius 3 is 2.46 bits per heavy atom. The van der Waals surface area contributed by atoms with Crippen LogP contribution in [0.15, 0.2) is 29.3 Å². The topological polar surface area (TPSA) is 36.9 Å². The van der Waals surface area contributed by atoms with Crippen LogP contribution >= 0.6 is 35.6 Å². The summed E-state index contributed by atoms with van der Waals surface area (Å²) in [5.74, 6) is 0.663. The summed E-state index contributed by atoms with van der Waals surface area (Å²) >= 11 is 5.84. The average molecular weight is 480 g/mol. The fourth-order valence-corrected chi connectivity index (χ4v) is 2.01. The minimum Gasteiger partial charge on any atom is -0.372 e. The third-order valence-electron chi connectivity index (χ3n) is 2.92. The molecule has 24 heavy (non-hydrogen) atoms. The summed E-state index contributed by atoms with van der Waals surface area (Å²) < 4.78 is 40.3. The lowest BCUT2D eigenvalue weighted by Gasteiger charge is -2.22. The first-order valence-corrected chi connectivity index (χ1v) is 7.50. The third kappa shape index (κ3) is 10.2. The lowest BCUT2D eigenvalue weighted by Crippen LogP contribution is -2.39. The minimum atomic E-state index is -4.28. The number of hydrogen-bond acceptors (Lipinski definition) is 2. The second kappa shape index (κ2) is 11.8. The number of benzene rings is 1. The van der Waals surface area contributed by atoms with Crippen molar-refractivity contribution in [2.24, 2.45) is 4.99 Å². The maximum Gasteiger partial charge on any atom is 0.411 e. The highest BCUT2D eigenvalue weighted by atomic mass is 127. The van der Waals surface area contributed by atoms with Crippen LogP contribution in [0.5, 0.6) is 0 Å². The van der Waals surface area contributed by atoms with Gasteiger partial charge in [-0.1, -0.05) is 23.7 Å². The van der Waals surface area contributed by atoms with Gasteiger partial charge in [0.2, 0.25) is 0 Å². The molecule has 0 radical (unpaired) electrons. The van der Waals surface area contributed by atoms with Crippen molar-refractivity contribution in [3.63, 3.8) is 0 Å². The van der Waals surface area contributed by atoms with E-state index in [1.54, 1.807) is 7.05 Å². The molecule has 0 heterocycles. The van der Waals surface area contributed by atoms with Crippen molar-refractivity contribution in [1.82, 2.24) is 10.2 Å². The molecule has 4 nitrogen and oxygen atoms in total. The van der Waals surface area contributed by atoms with Crippen molar-refractivity contribution in [2.45, 2.75) is 19.1 Å². The van der Waals surface area contributed by atoms with E-state index in [4.69, 9.17) is 11.6 Å². The van der Waals surface area contributed by atoms with Gasteiger partial charge in [-0.3, -0.25) is 4.99 Å². The largest absolute Gasteiger partial charge is 0.411 e. The minimum absolute atomic E-state index is 0. The maximum absolute atomic E-state index is 11.9. The predicted molar refractivity (Wildman–Crippen MR) is 101 cm³/mol. The van der Waals surface area contributed by atoms with Gasteiger partial charge in [-0.15, -0.1) is 24.0 Å². The lowest BCUT2D eigenvalue weighted by atomic mass is 10.2. The van der Waals surface area contributed by atoms with Gasteiger partial charge in [0.25, 0.3) is 0 Å². The van der Waals surface area contributed by atoms with Gasteiger partial charge < -0.3 is 15.0 Å². The predicted octanol–water partition coefficient (Wildman–Crippen LogP) is 3.93. The zero-order chi connectivity index (χ0) is 17.3. The van der Waals surface area contributed by atoms with Crippen molar-refractivity contribution in [2.75, 3.05) is 33.9 Å². The Morgan fingerprint density at radius 2 is 1.92 bits per heavy atom. The molecule has 0 fully saturated rings. The van der Waals surface area contributed by atoms with Gasteiger partial charge in [0.05, 0.1) is 0 Å². The van der Waals surface area contributed by atoms with Gasteiger partial charge >= 0.3 is 6.18 Å². The second-order valence-electron chi connectivity index (χ2n) is 4.98. The highest BCUT2D eigenvalue weighted by molar-refractivity contribution is 14.0. The van der Waals surface area contributed by atoms with E-state index in [1.165, 1.54) is 0 Å². The number of ether oxygens (including phenoxy) is 1. The van der Waals surface area contributed by atoms with Gasteiger partial charge in [0, 0.05) is 38.8 Å². The highest BCUT2D eigenvalue weighted by Crippen LogP contribution is 2.14. The molecule has 1 N–H and O–H groups in total. The molecule has 0 spiro atoms. The first-order chi connectivity index (χ1) is 10.8. The van der Waals surface area contributed by atoms with Crippen LogP contribution in [0.4, 0.5) is 13.2 Å². The van der Waals surface area contributed by atoms with Crippen LogP contribution in [0.2, 0.25) is 5.02 Å². The number of guanidine groups is 1. The third-order valence-corrected chi connectivity index (χ3v) is 3.17. The highest BCUT2D eigenvalue weighted by Gasteiger charge is 2.27. The maximum atomic E-state index is 11.9. The van der Waals surface area contributed by atoms with Gasteiger partial charge in [0.15, 0.2) is 5.96 Å². The molecule has 138 valence electrons. The number of aliphatic imine (C=N–C) groups is 1. The standard InChI is InChI=1S/C15H21ClF3N3O.HI/c1-20-14(21-8-3-9-23-11-15(17,18)19)22(2)10-12-4-6-13(16)7-5-12;/h4-7H,3,8-11H2,1-2H3,(H,20,21);1H. The number of nitrogens with zero attached hydrogens (tertiary/aromatic N) is 2. The zero-order valence-corrected chi connectivity index (χ0v) is 16.7. The molecule has 0 aliphatic rings. The van der Waals surface area contributed by atoms with E-state index in [2.05, 4.69) is 15.0 Å². The molecule has 1 aromatic carbocycles. The fraction of sp³-hybridized carbons (Fsp3) is 0.533. The number of hydrogen-bond donors (Lipinski definition) is 1. The summed E-state index contributed by atoms with van der Waals surface area (Å²) in [5.41, 5.74) is 1.08. The van der Waals surface area contributed by atoms with Crippen LogP contribution in [-0.2, 0) is 11.3 Å². The van der Waals surface area contributed by atoms with Crippen LogP contribution in [0, 0.1) is 0 Å². The molecule has 0 aromatic heterocycles. The Morgan fingerprint density at radius 1 is 1.29 bits per heavy atom. The van der Waals surface area contributed by atoms with E-state index in [-0.39, 0.29) is 30.6 Å². The van der Waals surface area contributed by atoms with Crippen LogP contribution in [-0.4, -0.2) is 50.9 Å². The average Bonchev–Trinajstić information content (AvgIpc) is 2.47. The lowest BCUT2D eigenvalue weighted by molar-refractivity contribution is -0.173. The SMILES string of the molecule is CN=C(NCCCOCC(F)(F)F)N(C)Cc1ccc(Cl)cc1.I. The molecule has 9 heteroatoms. The van der Waals surface area contributed by atoms with Crippen LogP contribution < -0.4 is 5.32 Å². The van der Waals surface area contributed by atoms with Crippen molar-refractivity contribution >= 4 is 41.5 Å². The molecule has 0 aliphatic heterocycles. The first kappa shape index (κ1) is 23.3. The molecule has 0 unspecified atom stereocenters. The molecular formula is C15H22ClF3IN3O. The Kier molecular flexibility index (Phi) is 11.4. The number of alkyl halides is 3. The number of rotatable bonds is 7. The Bertz CT molecular complexity index is 498. The smallest absolute Gasteiger partial charge is 0.372 e. The molecule has 0 bridgehead atoms. The van der Waals surface area contributed by atoms with Crippen molar-refractivity contribution < 1.29 is 17.9 Å². The van der Waals surface area contributed by atoms with E-state index in [9.17, 15) is 13.2 Å². The summed E-state index contributed by atoms with van der Waals surface area (Å²) in [5, 5.41) is 3.77. The van der Waals surface area contributed by atoms with Gasteiger partial charge in [-0.25, -0.2) is 0 Å². The van der Waals surface area contributed by atoms with Crippen molar-refractivity contribution in [3.8, 4) is 0 Å². The molecule has 0 saturated heterocycles. The van der Waals surface area contributed by atoms with E-state index >= 15 is 0 Å². The van der Waals surface area contributed by atoms with E-state index in [1.807, 2.05) is 36.2 Å². The van der Waals surface area contributed by atoms with E-state index < -0.39 is 12.8 Å². The van der Waals surface area contributed by atoms with E-state index in [0.717, 1.165) is 5.56 Å². The normalized spacial score (nSPS) is 11.8. The first-order valence-electron chi connectivity index (χ1n) is 7.12. The Hall–Kier alpha value is -0.740. The van der Waals surface area contributed by atoms with E-state index in [0.29, 0.717) is 30.5 Å². The van der Waals surface area contributed by atoms with Gasteiger partial charge in [-0.2, -0.15) is 13.2 Å². The summed E-state index contributed by atoms with van der Waals surface area (Å²) in [6, 6.07) is 7.49. The monoisotopic (exact) mass is 479 g/mol. The molecule has 0 saturated carbocycles. The Balaban J connectivity index is 0.00000529. The zero-order valence-electron chi connectivity index (χ0n) is 13.6. The van der Waals surface area contributed by atoms with Gasteiger partial charge in [-0.05, 0) is 24.1 Å². The van der Waals surface area contributed by atoms with Crippen molar-refractivity contribution in [1.29, 1.82) is 0 Å². The van der Waals surface area contributed by atoms with Crippen LogP contribution in [0.1, 0.15) is 12.0 Å². The molecule has 0 amide bonds. The summed E-state index contributed by atoms with van der Waals surface area (Å²) in [6.45, 7) is -0.0422.